The van der Waals surface area contributed by atoms with Crippen LogP contribution in [0.15, 0.2) is 0 Å². The fraction of sp³-hybridized carbons (Fsp3) is 0.917. The first-order valence-electron chi connectivity index (χ1n) is 6.16. The van der Waals surface area contributed by atoms with Gasteiger partial charge in [0, 0.05) is 20.0 Å². The second-order valence-corrected chi connectivity index (χ2v) is 4.12. The van der Waals surface area contributed by atoms with Crippen molar-refractivity contribution in [1.29, 1.82) is 0 Å². The number of nitrogens with zero attached hydrogens (tertiary/aromatic N) is 1. The van der Waals surface area contributed by atoms with Crippen LogP contribution in [-0.4, -0.2) is 30.9 Å². The van der Waals surface area contributed by atoms with E-state index in [0.717, 1.165) is 45.2 Å². The molecule has 0 aliphatic heterocycles. The quantitative estimate of drug-likeness (QED) is 0.598. The lowest BCUT2D eigenvalue weighted by Crippen LogP contribution is -2.27. The van der Waals surface area contributed by atoms with Gasteiger partial charge in [-0.1, -0.05) is 26.2 Å². The molecule has 0 fully saturated rings. The van der Waals surface area contributed by atoms with Crippen molar-refractivity contribution in [3.05, 3.63) is 0 Å². The van der Waals surface area contributed by atoms with Crippen LogP contribution in [0.2, 0.25) is 0 Å². The van der Waals surface area contributed by atoms with Crippen LogP contribution in [0.25, 0.3) is 0 Å². The lowest BCUT2D eigenvalue weighted by atomic mass is 10.2. The Morgan fingerprint density at radius 2 is 1.87 bits per heavy atom. The zero-order valence-corrected chi connectivity index (χ0v) is 10.3. The number of carbonyl (C=O) groups is 1. The molecule has 0 unspecified atom stereocenters. The van der Waals surface area contributed by atoms with Gasteiger partial charge in [0.15, 0.2) is 0 Å². The summed E-state index contributed by atoms with van der Waals surface area (Å²) in [5, 5.41) is 0. The molecule has 0 aliphatic carbocycles. The van der Waals surface area contributed by atoms with Crippen molar-refractivity contribution in [3.63, 3.8) is 0 Å². The Morgan fingerprint density at radius 1 is 1.13 bits per heavy atom. The van der Waals surface area contributed by atoms with Gasteiger partial charge in [-0.25, -0.2) is 0 Å². The summed E-state index contributed by atoms with van der Waals surface area (Å²) in [5.41, 5.74) is 5.41. The number of nitrogens with two attached hydrogens (primary N) is 1. The molecule has 3 heteroatoms. The summed E-state index contributed by atoms with van der Waals surface area (Å²) < 4.78 is 0. The van der Waals surface area contributed by atoms with E-state index >= 15 is 0 Å². The van der Waals surface area contributed by atoms with Gasteiger partial charge in [0.25, 0.3) is 0 Å². The van der Waals surface area contributed by atoms with Gasteiger partial charge >= 0.3 is 0 Å². The van der Waals surface area contributed by atoms with Crippen LogP contribution in [-0.2, 0) is 4.79 Å². The first kappa shape index (κ1) is 14.4. The van der Waals surface area contributed by atoms with Crippen LogP contribution < -0.4 is 5.73 Å². The van der Waals surface area contributed by atoms with E-state index in [1.54, 1.807) is 0 Å². The molecule has 0 saturated heterocycles. The highest BCUT2D eigenvalue weighted by atomic mass is 16.2. The van der Waals surface area contributed by atoms with E-state index in [0.29, 0.717) is 6.42 Å². The molecule has 90 valence electrons. The SMILES string of the molecule is CCCCCC(=O)N(C)CCCCCN. The summed E-state index contributed by atoms with van der Waals surface area (Å²) in [6.07, 6.45) is 7.35. The number of rotatable bonds is 9. The molecular weight excluding hydrogens is 188 g/mol. The maximum atomic E-state index is 11.6. The number of hydrogen-bond donors (Lipinski definition) is 1. The molecule has 1 amide bonds. The van der Waals surface area contributed by atoms with Crippen molar-refractivity contribution >= 4 is 5.91 Å². The van der Waals surface area contributed by atoms with Gasteiger partial charge in [0.05, 0.1) is 0 Å². The van der Waals surface area contributed by atoms with E-state index in [9.17, 15) is 4.79 Å². The number of unbranched alkanes of at least 4 members (excludes halogenated alkanes) is 4. The van der Waals surface area contributed by atoms with Crippen molar-refractivity contribution in [2.45, 2.75) is 51.9 Å². The lowest BCUT2D eigenvalue weighted by Gasteiger charge is -2.16. The molecule has 15 heavy (non-hydrogen) atoms. The van der Waals surface area contributed by atoms with Gasteiger partial charge in [-0.05, 0) is 25.8 Å². The standard InChI is InChI=1S/C12H26N2O/c1-3-4-6-9-12(15)14(2)11-8-5-7-10-13/h3-11,13H2,1-2H3. The molecule has 0 rings (SSSR count). The number of carbonyl (C=O) groups excluding carboxylic acids is 1. The van der Waals surface area contributed by atoms with E-state index in [2.05, 4.69) is 6.92 Å². The summed E-state index contributed by atoms with van der Waals surface area (Å²) in [5.74, 6) is 0.288. The second-order valence-electron chi connectivity index (χ2n) is 4.12. The van der Waals surface area contributed by atoms with Crippen molar-refractivity contribution in [1.82, 2.24) is 4.90 Å². The van der Waals surface area contributed by atoms with Crippen LogP contribution in [0.4, 0.5) is 0 Å². The zero-order valence-electron chi connectivity index (χ0n) is 10.3. The summed E-state index contributed by atoms with van der Waals surface area (Å²) in [6.45, 7) is 3.79. The Bertz CT molecular complexity index is 160. The third-order valence-electron chi connectivity index (χ3n) is 2.62. The van der Waals surface area contributed by atoms with E-state index in [-0.39, 0.29) is 5.91 Å². The zero-order chi connectivity index (χ0) is 11.5. The first-order chi connectivity index (χ1) is 7.22. The van der Waals surface area contributed by atoms with Gasteiger partial charge in [0.2, 0.25) is 5.91 Å². The fourth-order valence-corrected chi connectivity index (χ4v) is 1.51. The smallest absolute Gasteiger partial charge is 0.222 e. The molecule has 0 spiro atoms. The van der Waals surface area contributed by atoms with Crippen LogP contribution >= 0.6 is 0 Å². The summed E-state index contributed by atoms with van der Waals surface area (Å²) >= 11 is 0. The maximum Gasteiger partial charge on any atom is 0.222 e. The fourth-order valence-electron chi connectivity index (χ4n) is 1.51. The van der Waals surface area contributed by atoms with Crippen molar-refractivity contribution < 1.29 is 4.79 Å². The predicted octanol–water partition coefficient (Wildman–Crippen LogP) is 2.15. The van der Waals surface area contributed by atoms with Gasteiger partial charge in [-0.15, -0.1) is 0 Å². The molecule has 0 aliphatic rings. The molecule has 2 N–H and O–H groups in total. The minimum atomic E-state index is 0.288. The van der Waals surface area contributed by atoms with E-state index in [4.69, 9.17) is 5.73 Å². The highest BCUT2D eigenvalue weighted by Crippen LogP contribution is 2.03. The van der Waals surface area contributed by atoms with E-state index in [1.807, 2.05) is 11.9 Å². The second kappa shape index (κ2) is 9.97. The molecule has 0 aromatic rings. The maximum absolute atomic E-state index is 11.6. The van der Waals surface area contributed by atoms with Crippen LogP contribution in [0.3, 0.4) is 0 Å². The predicted molar refractivity (Wildman–Crippen MR) is 64.7 cm³/mol. The summed E-state index contributed by atoms with van der Waals surface area (Å²) in [6, 6.07) is 0. The Hall–Kier alpha value is -0.570. The molecular formula is C12H26N2O. The van der Waals surface area contributed by atoms with Crippen molar-refractivity contribution in [3.8, 4) is 0 Å². The number of amides is 1. The van der Waals surface area contributed by atoms with Crippen molar-refractivity contribution in [2.75, 3.05) is 20.1 Å². The average Bonchev–Trinajstić information content (AvgIpc) is 2.24. The molecule has 0 heterocycles. The molecule has 0 aromatic heterocycles. The van der Waals surface area contributed by atoms with Gasteiger partial charge in [-0.3, -0.25) is 4.79 Å². The largest absolute Gasteiger partial charge is 0.346 e. The highest BCUT2D eigenvalue weighted by molar-refractivity contribution is 5.75. The Labute approximate surface area is 94.0 Å². The monoisotopic (exact) mass is 214 g/mol. The topological polar surface area (TPSA) is 46.3 Å². The minimum Gasteiger partial charge on any atom is -0.346 e. The van der Waals surface area contributed by atoms with E-state index in [1.165, 1.54) is 6.42 Å². The summed E-state index contributed by atoms with van der Waals surface area (Å²) in [4.78, 5) is 13.4. The number of hydrogen-bond acceptors (Lipinski definition) is 2. The molecule has 3 nitrogen and oxygen atoms in total. The Balaban J connectivity index is 3.42. The third-order valence-corrected chi connectivity index (χ3v) is 2.62. The Morgan fingerprint density at radius 3 is 2.47 bits per heavy atom. The normalized spacial score (nSPS) is 10.3. The van der Waals surface area contributed by atoms with E-state index < -0.39 is 0 Å². The van der Waals surface area contributed by atoms with Gasteiger partial charge < -0.3 is 10.6 Å². The molecule has 0 saturated carbocycles. The molecule has 0 radical (unpaired) electrons. The van der Waals surface area contributed by atoms with Crippen LogP contribution in [0.5, 0.6) is 0 Å². The third kappa shape index (κ3) is 8.43. The van der Waals surface area contributed by atoms with Crippen molar-refractivity contribution in [2.24, 2.45) is 5.73 Å². The molecule has 0 atom stereocenters. The Kier molecular flexibility index (Phi) is 9.59. The summed E-state index contributed by atoms with van der Waals surface area (Å²) in [7, 11) is 1.90. The average molecular weight is 214 g/mol. The van der Waals surface area contributed by atoms with Crippen LogP contribution in [0.1, 0.15) is 51.9 Å². The van der Waals surface area contributed by atoms with Gasteiger partial charge in [-0.2, -0.15) is 0 Å². The molecule has 0 aromatic carbocycles. The first-order valence-corrected chi connectivity index (χ1v) is 6.16. The van der Waals surface area contributed by atoms with Gasteiger partial charge in [0.1, 0.15) is 0 Å². The highest BCUT2D eigenvalue weighted by Gasteiger charge is 2.06. The minimum absolute atomic E-state index is 0.288. The lowest BCUT2D eigenvalue weighted by molar-refractivity contribution is -0.130. The molecule has 0 bridgehead atoms. The van der Waals surface area contributed by atoms with Crippen LogP contribution in [0, 0.1) is 0 Å².